The molecule has 0 aliphatic heterocycles. The van der Waals surface area contributed by atoms with Crippen molar-refractivity contribution < 1.29 is 9.13 Å². The molecule has 2 rings (SSSR count). The number of ether oxygens (including phenoxy) is 1. The molecule has 0 bridgehead atoms. The molecule has 2 aromatic rings. The normalized spacial score (nSPS) is 10.3. The van der Waals surface area contributed by atoms with Gasteiger partial charge in [0, 0.05) is 11.1 Å². The number of nitrogens with two attached hydrogens (primary N) is 1. The van der Waals surface area contributed by atoms with Crippen molar-refractivity contribution in [2.24, 2.45) is 5.73 Å². The molecule has 0 aromatic heterocycles. The highest BCUT2D eigenvalue weighted by Gasteiger charge is 2.11. The Balaban J connectivity index is 2.27. The van der Waals surface area contributed by atoms with Crippen LogP contribution in [0.2, 0.25) is 10.0 Å². The third kappa shape index (κ3) is 3.39. The SMILES string of the molecule is NC(=S)c1ccc(F)cc1COc1c(Cl)cccc1Cl. The van der Waals surface area contributed by atoms with Crippen LogP contribution in [-0.4, -0.2) is 4.99 Å². The van der Waals surface area contributed by atoms with Gasteiger partial charge in [-0.05, 0) is 30.3 Å². The van der Waals surface area contributed by atoms with E-state index in [0.717, 1.165) is 0 Å². The monoisotopic (exact) mass is 329 g/mol. The average molecular weight is 330 g/mol. The van der Waals surface area contributed by atoms with E-state index >= 15 is 0 Å². The van der Waals surface area contributed by atoms with Gasteiger partial charge in [0.25, 0.3) is 0 Å². The van der Waals surface area contributed by atoms with E-state index in [2.05, 4.69) is 0 Å². The predicted octanol–water partition coefficient (Wildman–Crippen LogP) is 4.35. The van der Waals surface area contributed by atoms with Crippen molar-refractivity contribution in [1.82, 2.24) is 0 Å². The fourth-order valence-corrected chi connectivity index (χ4v) is 2.40. The Kier molecular flexibility index (Phi) is 4.81. The molecule has 6 heteroatoms. The molecular weight excluding hydrogens is 320 g/mol. The van der Waals surface area contributed by atoms with Crippen molar-refractivity contribution in [1.29, 1.82) is 0 Å². The quantitative estimate of drug-likeness (QED) is 0.847. The molecule has 0 saturated carbocycles. The second kappa shape index (κ2) is 6.39. The molecule has 20 heavy (non-hydrogen) atoms. The summed E-state index contributed by atoms with van der Waals surface area (Å²) in [6.07, 6.45) is 0. The molecule has 0 unspecified atom stereocenters. The molecule has 2 aromatic carbocycles. The summed E-state index contributed by atoms with van der Waals surface area (Å²) in [5.74, 6) is -0.0529. The lowest BCUT2D eigenvalue weighted by atomic mass is 10.1. The van der Waals surface area contributed by atoms with Gasteiger partial charge in [0.15, 0.2) is 5.75 Å². The maximum Gasteiger partial charge on any atom is 0.156 e. The van der Waals surface area contributed by atoms with Crippen LogP contribution in [0.4, 0.5) is 4.39 Å². The summed E-state index contributed by atoms with van der Waals surface area (Å²) >= 11 is 16.9. The molecule has 0 aliphatic rings. The Morgan fingerprint density at radius 3 is 2.45 bits per heavy atom. The smallest absolute Gasteiger partial charge is 0.156 e. The number of thiocarbonyl (C=S) groups is 1. The zero-order chi connectivity index (χ0) is 14.7. The number of para-hydroxylation sites is 1. The Morgan fingerprint density at radius 2 is 1.85 bits per heavy atom. The highest BCUT2D eigenvalue weighted by atomic mass is 35.5. The maximum absolute atomic E-state index is 13.3. The predicted molar refractivity (Wildman–Crippen MR) is 83.1 cm³/mol. The van der Waals surface area contributed by atoms with E-state index < -0.39 is 5.82 Å². The summed E-state index contributed by atoms with van der Waals surface area (Å²) in [6, 6.07) is 9.15. The van der Waals surface area contributed by atoms with Gasteiger partial charge in [0.05, 0.1) is 10.0 Å². The molecule has 2 nitrogen and oxygen atoms in total. The van der Waals surface area contributed by atoms with E-state index in [4.69, 9.17) is 45.9 Å². The Hall–Kier alpha value is -1.36. The molecule has 0 fully saturated rings. The van der Waals surface area contributed by atoms with Crippen molar-refractivity contribution in [3.05, 3.63) is 63.4 Å². The van der Waals surface area contributed by atoms with Crippen LogP contribution < -0.4 is 10.5 Å². The first-order valence-corrected chi connectivity index (χ1v) is 6.80. The minimum absolute atomic E-state index is 0.0634. The summed E-state index contributed by atoms with van der Waals surface area (Å²) in [5.41, 5.74) is 6.69. The van der Waals surface area contributed by atoms with E-state index in [1.54, 1.807) is 18.2 Å². The highest BCUT2D eigenvalue weighted by Crippen LogP contribution is 2.33. The van der Waals surface area contributed by atoms with E-state index in [1.807, 2.05) is 0 Å². The molecule has 0 radical (unpaired) electrons. The number of halogens is 3. The van der Waals surface area contributed by atoms with Crippen molar-refractivity contribution >= 4 is 40.4 Å². The zero-order valence-electron chi connectivity index (χ0n) is 10.2. The van der Waals surface area contributed by atoms with Crippen LogP contribution in [0.5, 0.6) is 5.75 Å². The molecule has 0 amide bonds. The lowest BCUT2D eigenvalue weighted by Gasteiger charge is -2.12. The first-order chi connectivity index (χ1) is 9.49. The summed E-state index contributed by atoms with van der Waals surface area (Å²) in [4.78, 5) is 0.175. The number of hydrogen-bond acceptors (Lipinski definition) is 2. The van der Waals surface area contributed by atoms with E-state index in [0.29, 0.717) is 26.9 Å². The van der Waals surface area contributed by atoms with Crippen molar-refractivity contribution in [3.8, 4) is 5.75 Å². The standard InChI is InChI=1S/C14H10Cl2FNOS/c15-11-2-1-3-12(16)13(11)19-7-8-6-9(17)4-5-10(8)14(18)20/h1-6H,7H2,(H2,18,20). The average Bonchev–Trinajstić information content (AvgIpc) is 2.37. The molecule has 104 valence electrons. The molecule has 0 atom stereocenters. The lowest BCUT2D eigenvalue weighted by molar-refractivity contribution is 0.306. The van der Waals surface area contributed by atoms with Gasteiger partial charge in [0.2, 0.25) is 0 Å². The first kappa shape index (κ1) is 15.0. The van der Waals surface area contributed by atoms with Crippen molar-refractivity contribution in [2.75, 3.05) is 0 Å². The fraction of sp³-hybridized carbons (Fsp3) is 0.0714. The molecular formula is C14H10Cl2FNOS. The topological polar surface area (TPSA) is 35.2 Å². The summed E-state index contributed by atoms with van der Waals surface area (Å²) in [6.45, 7) is 0.0634. The van der Waals surface area contributed by atoms with Crippen LogP contribution in [0, 0.1) is 5.82 Å². The van der Waals surface area contributed by atoms with Crippen LogP contribution >= 0.6 is 35.4 Å². The summed E-state index contributed by atoms with van der Waals surface area (Å²) in [7, 11) is 0. The molecule has 0 aliphatic carbocycles. The largest absolute Gasteiger partial charge is 0.486 e. The Morgan fingerprint density at radius 1 is 1.20 bits per heavy atom. The van der Waals surface area contributed by atoms with Crippen LogP contribution in [0.3, 0.4) is 0 Å². The number of rotatable bonds is 4. The summed E-state index contributed by atoms with van der Waals surface area (Å²) in [5, 5.41) is 0.761. The van der Waals surface area contributed by atoms with Gasteiger partial charge in [-0.25, -0.2) is 4.39 Å². The van der Waals surface area contributed by atoms with Gasteiger partial charge < -0.3 is 10.5 Å². The Bertz CT molecular complexity index is 643. The van der Waals surface area contributed by atoms with E-state index in [-0.39, 0.29) is 11.6 Å². The van der Waals surface area contributed by atoms with Gasteiger partial charge in [-0.3, -0.25) is 0 Å². The zero-order valence-corrected chi connectivity index (χ0v) is 12.5. The van der Waals surface area contributed by atoms with Crippen LogP contribution in [0.25, 0.3) is 0 Å². The Labute approximate surface area is 131 Å². The van der Waals surface area contributed by atoms with Crippen LogP contribution in [-0.2, 0) is 6.61 Å². The van der Waals surface area contributed by atoms with Gasteiger partial charge in [-0.2, -0.15) is 0 Å². The molecule has 0 heterocycles. The molecule has 0 saturated heterocycles. The molecule has 2 N–H and O–H groups in total. The van der Waals surface area contributed by atoms with Crippen LogP contribution in [0.15, 0.2) is 36.4 Å². The minimum Gasteiger partial charge on any atom is -0.486 e. The van der Waals surface area contributed by atoms with E-state index in [1.165, 1.54) is 18.2 Å². The number of benzene rings is 2. The lowest BCUT2D eigenvalue weighted by Crippen LogP contribution is -2.14. The third-order valence-electron chi connectivity index (χ3n) is 2.62. The van der Waals surface area contributed by atoms with Crippen molar-refractivity contribution in [2.45, 2.75) is 6.61 Å². The van der Waals surface area contributed by atoms with E-state index in [9.17, 15) is 4.39 Å². The fourth-order valence-electron chi connectivity index (χ4n) is 1.69. The second-order valence-electron chi connectivity index (χ2n) is 4.01. The van der Waals surface area contributed by atoms with Gasteiger partial charge >= 0.3 is 0 Å². The van der Waals surface area contributed by atoms with Crippen molar-refractivity contribution in [3.63, 3.8) is 0 Å². The minimum atomic E-state index is -0.395. The summed E-state index contributed by atoms with van der Waals surface area (Å²) < 4.78 is 18.9. The van der Waals surface area contributed by atoms with Gasteiger partial charge in [-0.1, -0.05) is 41.5 Å². The first-order valence-electron chi connectivity index (χ1n) is 5.64. The van der Waals surface area contributed by atoms with Gasteiger partial charge in [0.1, 0.15) is 17.4 Å². The van der Waals surface area contributed by atoms with Gasteiger partial charge in [-0.15, -0.1) is 0 Å². The highest BCUT2D eigenvalue weighted by molar-refractivity contribution is 7.80. The second-order valence-corrected chi connectivity index (χ2v) is 5.26. The van der Waals surface area contributed by atoms with Crippen LogP contribution in [0.1, 0.15) is 11.1 Å². The number of hydrogen-bond donors (Lipinski definition) is 1. The third-order valence-corrected chi connectivity index (χ3v) is 3.44. The molecule has 0 spiro atoms. The maximum atomic E-state index is 13.3.